The number of carbonyl (C=O) groups is 1. The zero-order valence-corrected chi connectivity index (χ0v) is 14.1. The molecule has 2 heterocycles. The zero-order chi connectivity index (χ0) is 18.8. The number of fused-ring (bicyclic) bond motifs is 1. The fourth-order valence-corrected chi connectivity index (χ4v) is 2.98. The van der Waals surface area contributed by atoms with Crippen molar-refractivity contribution >= 4 is 17.3 Å². The van der Waals surface area contributed by atoms with Crippen LogP contribution in [0.2, 0.25) is 0 Å². The minimum absolute atomic E-state index is 0.0284. The summed E-state index contributed by atoms with van der Waals surface area (Å²) in [6.45, 7) is 0.352. The van der Waals surface area contributed by atoms with E-state index in [1.807, 2.05) is 0 Å². The van der Waals surface area contributed by atoms with Gasteiger partial charge in [0.05, 0.1) is 4.92 Å². The van der Waals surface area contributed by atoms with E-state index in [1.54, 1.807) is 35.2 Å². The molecule has 0 atom stereocenters. The number of anilines is 1. The molecule has 0 N–H and O–H groups in total. The van der Waals surface area contributed by atoms with Gasteiger partial charge in [-0.2, -0.15) is 0 Å². The van der Waals surface area contributed by atoms with Crippen LogP contribution in [0.1, 0.15) is 5.56 Å². The maximum absolute atomic E-state index is 12.5. The summed E-state index contributed by atoms with van der Waals surface area (Å²) < 4.78 is 10.7. The largest absolute Gasteiger partial charge is 0.484 e. The molecule has 0 unspecified atom stereocenters. The van der Waals surface area contributed by atoms with Crippen LogP contribution >= 0.6 is 0 Å². The van der Waals surface area contributed by atoms with Gasteiger partial charge in [0.2, 0.25) is 12.3 Å². The molecule has 9 nitrogen and oxygen atoms in total. The van der Waals surface area contributed by atoms with E-state index < -0.39 is 4.92 Å². The van der Waals surface area contributed by atoms with Crippen LogP contribution in [0.25, 0.3) is 11.5 Å². The molecule has 27 heavy (non-hydrogen) atoms. The fourth-order valence-electron chi connectivity index (χ4n) is 2.98. The summed E-state index contributed by atoms with van der Waals surface area (Å²) >= 11 is 0. The first-order valence-corrected chi connectivity index (χ1v) is 8.19. The van der Waals surface area contributed by atoms with E-state index >= 15 is 0 Å². The van der Waals surface area contributed by atoms with Gasteiger partial charge in [0.1, 0.15) is 5.75 Å². The van der Waals surface area contributed by atoms with E-state index in [0.717, 1.165) is 11.1 Å². The van der Waals surface area contributed by atoms with Crippen LogP contribution in [-0.2, 0) is 11.2 Å². The summed E-state index contributed by atoms with van der Waals surface area (Å²) in [6.07, 6.45) is 1.84. The van der Waals surface area contributed by atoms with E-state index in [4.69, 9.17) is 9.15 Å². The summed E-state index contributed by atoms with van der Waals surface area (Å²) in [6, 6.07) is 11.5. The lowest BCUT2D eigenvalue weighted by Crippen LogP contribution is -2.33. The predicted molar refractivity (Wildman–Crippen MR) is 94.4 cm³/mol. The molecule has 0 fully saturated rings. The molecule has 1 aliphatic heterocycles. The average molecular weight is 366 g/mol. The lowest BCUT2D eigenvalue weighted by molar-refractivity contribution is -0.384. The molecule has 9 heteroatoms. The monoisotopic (exact) mass is 366 g/mol. The summed E-state index contributed by atoms with van der Waals surface area (Å²) in [5.74, 6) is 0.735. The van der Waals surface area contributed by atoms with Crippen molar-refractivity contribution in [2.24, 2.45) is 0 Å². The molecule has 0 radical (unpaired) electrons. The normalized spacial score (nSPS) is 12.7. The number of nitrogens with zero attached hydrogens (tertiary/aromatic N) is 4. The van der Waals surface area contributed by atoms with Crippen molar-refractivity contribution in [2.75, 3.05) is 18.1 Å². The number of aromatic nitrogens is 2. The smallest absolute Gasteiger partial charge is 0.269 e. The lowest BCUT2D eigenvalue weighted by atomic mass is 10.1. The first kappa shape index (κ1) is 16.7. The lowest BCUT2D eigenvalue weighted by Gasteiger charge is -2.17. The van der Waals surface area contributed by atoms with E-state index in [0.29, 0.717) is 30.3 Å². The standard InChI is InChI=1S/C18H14N4O5/c23-17(21-8-7-13-9-14(22(24)25)3-6-16(13)21)10-26-15-4-1-12(2-5-15)18-20-19-11-27-18/h1-6,9,11H,7-8,10H2. The van der Waals surface area contributed by atoms with Crippen molar-refractivity contribution in [2.45, 2.75) is 6.42 Å². The van der Waals surface area contributed by atoms with Crippen molar-refractivity contribution in [1.29, 1.82) is 0 Å². The third kappa shape index (κ3) is 3.34. The number of nitro groups is 1. The summed E-state index contributed by atoms with van der Waals surface area (Å²) in [4.78, 5) is 24.5. The molecule has 3 aromatic rings. The van der Waals surface area contributed by atoms with Gasteiger partial charge in [-0.15, -0.1) is 10.2 Å². The molecule has 4 rings (SSSR count). The molecular weight excluding hydrogens is 352 g/mol. The van der Waals surface area contributed by atoms with E-state index in [1.165, 1.54) is 18.5 Å². The summed E-state index contributed by atoms with van der Waals surface area (Å²) in [5, 5.41) is 18.3. The molecule has 1 amide bonds. The van der Waals surface area contributed by atoms with Gasteiger partial charge in [0.25, 0.3) is 11.6 Å². The molecule has 0 spiro atoms. The van der Waals surface area contributed by atoms with Crippen LogP contribution in [0.5, 0.6) is 5.75 Å². The Bertz CT molecular complexity index is 985. The molecule has 1 aromatic heterocycles. The highest BCUT2D eigenvalue weighted by Crippen LogP contribution is 2.31. The van der Waals surface area contributed by atoms with Crippen LogP contribution in [0, 0.1) is 10.1 Å². The van der Waals surface area contributed by atoms with Gasteiger partial charge in [-0.3, -0.25) is 14.9 Å². The minimum Gasteiger partial charge on any atom is -0.484 e. The number of benzene rings is 2. The zero-order valence-electron chi connectivity index (χ0n) is 14.1. The first-order chi connectivity index (χ1) is 13.1. The number of hydrogen-bond donors (Lipinski definition) is 0. The number of ether oxygens (including phenoxy) is 1. The molecule has 2 aromatic carbocycles. The fraction of sp³-hybridized carbons (Fsp3) is 0.167. The van der Waals surface area contributed by atoms with Gasteiger partial charge >= 0.3 is 0 Å². The number of amides is 1. The van der Waals surface area contributed by atoms with Crippen LogP contribution in [0.3, 0.4) is 0 Å². The second kappa shape index (κ2) is 6.87. The van der Waals surface area contributed by atoms with Gasteiger partial charge in [-0.05, 0) is 42.3 Å². The Labute approximate surface area is 153 Å². The van der Waals surface area contributed by atoms with E-state index in [9.17, 15) is 14.9 Å². The van der Waals surface area contributed by atoms with Gasteiger partial charge in [-0.25, -0.2) is 0 Å². The average Bonchev–Trinajstić information content (AvgIpc) is 3.36. The Hall–Kier alpha value is -3.75. The second-order valence-corrected chi connectivity index (χ2v) is 5.92. The molecule has 1 aliphatic rings. The highest BCUT2D eigenvalue weighted by molar-refractivity contribution is 5.96. The highest BCUT2D eigenvalue weighted by Gasteiger charge is 2.26. The third-order valence-electron chi connectivity index (χ3n) is 4.29. The quantitative estimate of drug-likeness (QED) is 0.504. The van der Waals surface area contributed by atoms with Gasteiger partial charge in [0.15, 0.2) is 6.61 Å². The third-order valence-corrected chi connectivity index (χ3v) is 4.29. The number of hydrogen-bond acceptors (Lipinski definition) is 7. The van der Waals surface area contributed by atoms with Crippen molar-refractivity contribution in [3.63, 3.8) is 0 Å². The van der Waals surface area contributed by atoms with Gasteiger partial charge in [0, 0.05) is 29.9 Å². The van der Waals surface area contributed by atoms with Crippen LogP contribution in [-0.4, -0.2) is 34.2 Å². The highest BCUT2D eigenvalue weighted by atomic mass is 16.6. The van der Waals surface area contributed by atoms with Gasteiger partial charge in [-0.1, -0.05) is 0 Å². The van der Waals surface area contributed by atoms with Crippen molar-refractivity contribution in [3.05, 3.63) is 64.5 Å². The molecule has 0 saturated carbocycles. The SMILES string of the molecule is O=C(COc1ccc(-c2nnco2)cc1)N1CCc2cc([N+](=O)[O-])ccc21. The Balaban J connectivity index is 1.40. The summed E-state index contributed by atoms with van der Waals surface area (Å²) in [5.41, 5.74) is 2.27. The minimum atomic E-state index is -0.439. The Morgan fingerprint density at radius 3 is 2.78 bits per heavy atom. The Morgan fingerprint density at radius 1 is 1.26 bits per heavy atom. The second-order valence-electron chi connectivity index (χ2n) is 5.92. The molecule has 0 saturated heterocycles. The topological polar surface area (TPSA) is 112 Å². The maximum Gasteiger partial charge on any atom is 0.269 e. The van der Waals surface area contributed by atoms with Crippen LogP contribution < -0.4 is 9.64 Å². The van der Waals surface area contributed by atoms with Crippen molar-refractivity contribution in [3.8, 4) is 17.2 Å². The molecule has 0 aliphatic carbocycles. The molecule has 0 bridgehead atoms. The van der Waals surface area contributed by atoms with Crippen molar-refractivity contribution in [1.82, 2.24) is 10.2 Å². The summed E-state index contributed by atoms with van der Waals surface area (Å²) in [7, 11) is 0. The molecular formula is C18H14N4O5. The molecule has 136 valence electrons. The van der Waals surface area contributed by atoms with Crippen molar-refractivity contribution < 1.29 is 18.9 Å². The Kier molecular flexibility index (Phi) is 4.25. The van der Waals surface area contributed by atoms with Crippen LogP contribution in [0.15, 0.2) is 53.3 Å². The predicted octanol–water partition coefficient (Wildman–Crippen LogP) is 2.61. The first-order valence-electron chi connectivity index (χ1n) is 8.19. The maximum atomic E-state index is 12.5. The van der Waals surface area contributed by atoms with Gasteiger partial charge < -0.3 is 14.1 Å². The number of rotatable bonds is 5. The number of non-ortho nitro benzene ring substituents is 1. The number of nitro benzene ring substituents is 1. The van der Waals surface area contributed by atoms with E-state index in [2.05, 4.69) is 10.2 Å². The van der Waals surface area contributed by atoms with Crippen LogP contribution in [0.4, 0.5) is 11.4 Å². The number of carbonyl (C=O) groups excluding carboxylic acids is 1. The van der Waals surface area contributed by atoms with E-state index in [-0.39, 0.29) is 18.2 Å². The Morgan fingerprint density at radius 2 is 2.07 bits per heavy atom.